The average Bonchev–Trinajstić information content (AvgIpc) is 2.52. The molecular weight excluding hydrogens is 170 g/mol. The van der Waals surface area contributed by atoms with Gasteiger partial charge < -0.3 is 15.6 Å². The molecule has 0 saturated carbocycles. The van der Waals surface area contributed by atoms with E-state index < -0.39 is 0 Å². The minimum atomic E-state index is -0.242. The van der Waals surface area contributed by atoms with E-state index >= 15 is 0 Å². The van der Waals surface area contributed by atoms with Gasteiger partial charge in [0, 0.05) is 12.6 Å². The molecule has 0 bridgehead atoms. The molecule has 0 spiro atoms. The van der Waals surface area contributed by atoms with E-state index in [0.717, 1.165) is 6.42 Å². The van der Waals surface area contributed by atoms with Gasteiger partial charge >= 0.3 is 0 Å². The Morgan fingerprint density at radius 2 is 2.54 bits per heavy atom. The van der Waals surface area contributed by atoms with E-state index in [1.165, 1.54) is 0 Å². The van der Waals surface area contributed by atoms with Crippen LogP contribution in [0.25, 0.3) is 0 Å². The van der Waals surface area contributed by atoms with Crippen molar-refractivity contribution in [3.8, 4) is 0 Å². The lowest BCUT2D eigenvalue weighted by atomic mass is 10.3. The first-order valence-electron chi connectivity index (χ1n) is 4.15. The van der Waals surface area contributed by atoms with Crippen molar-refractivity contribution < 1.29 is 9.32 Å². The van der Waals surface area contributed by atoms with E-state index in [4.69, 9.17) is 10.3 Å². The number of hydrogen-bond acceptors (Lipinski definition) is 4. The Labute approximate surface area is 76.3 Å². The number of carbonyl (C=O) groups is 1. The molecule has 5 nitrogen and oxygen atoms in total. The summed E-state index contributed by atoms with van der Waals surface area (Å²) in [6, 6.07) is 1.60. The summed E-state index contributed by atoms with van der Waals surface area (Å²) in [5.74, 6) is 0.00331. The molecule has 13 heavy (non-hydrogen) atoms. The molecule has 0 aliphatic rings. The van der Waals surface area contributed by atoms with Crippen LogP contribution in [0.2, 0.25) is 0 Å². The number of aryl methyl sites for hydroxylation is 1. The van der Waals surface area contributed by atoms with Crippen LogP contribution in [0.1, 0.15) is 22.7 Å². The van der Waals surface area contributed by atoms with Crippen LogP contribution in [0.3, 0.4) is 0 Å². The topological polar surface area (TPSA) is 81.2 Å². The second kappa shape index (κ2) is 4.61. The third-order valence-corrected chi connectivity index (χ3v) is 1.52. The van der Waals surface area contributed by atoms with Gasteiger partial charge in [-0.15, -0.1) is 0 Å². The SMILES string of the molecule is Cc1cc(C(=O)NCCCN)on1. The molecule has 1 heterocycles. The lowest BCUT2D eigenvalue weighted by Crippen LogP contribution is -2.25. The maximum Gasteiger partial charge on any atom is 0.289 e. The van der Waals surface area contributed by atoms with Crippen molar-refractivity contribution in [2.75, 3.05) is 13.1 Å². The molecule has 0 aromatic carbocycles. The van der Waals surface area contributed by atoms with E-state index in [1.807, 2.05) is 0 Å². The van der Waals surface area contributed by atoms with Crippen LogP contribution in [0, 0.1) is 6.92 Å². The number of nitrogens with one attached hydrogen (secondary N) is 1. The highest BCUT2D eigenvalue weighted by Gasteiger charge is 2.09. The molecule has 1 aromatic rings. The van der Waals surface area contributed by atoms with Crippen molar-refractivity contribution in [1.82, 2.24) is 10.5 Å². The molecular formula is C8H13N3O2. The van der Waals surface area contributed by atoms with Crippen LogP contribution in [0.5, 0.6) is 0 Å². The Kier molecular flexibility index (Phi) is 3.45. The standard InChI is InChI=1S/C8H13N3O2/c1-6-5-7(13-11-6)8(12)10-4-2-3-9/h5H,2-4,9H2,1H3,(H,10,12). The van der Waals surface area contributed by atoms with Gasteiger partial charge in [0.15, 0.2) is 0 Å². The Hall–Kier alpha value is -1.36. The normalized spacial score (nSPS) is 10.0. The second-order valence-corrected chi connectivity index (χ2v) is 2.73. The fraction of sp³-hybridized carbons (Fsp3) is 0.500. The van der Waals surface area contributed by atoms with Gasteiger partial charge in [-0.2, -0.15) is 0 Å². The summed E-state index contributed by atoms with van der Waals surface area (Å²) < 4.78 is 4.76. The van der Waals surface area contributed by atoms with Crippen LogP contribution in [-0.2, 0) is 0 Å². The van der Waals surface area contributed by atoms with Crippen molar-refractivity contribution >= 4 is 5.91 Å². The largest absolute Gasteiger partial charge is 0.351 e. The van der Waals surface area contributed by atoms with E-state index in [1.54, 1.807) is 13.0 Å². The number of hydrogen-bond donors (Lipinski definition) is 2. The molecule has 5 heteroatoms. The van der Waals surface area contributed by atoms with Crippen molar-refractivity contribution in [3.05, 3.63) is 17.5 Å². The Bertz CT molecular complexity index is 283. The van der Waals surface area contributed by atoms with E-state index in [-0.39, 0.29) is 11.7 Å². The lowest BCUT2D eigenvalue weighted by molar-refractivity contribution is 0.0916. The number of rotatable bonds is 4. The predicted octanol–water partition coefficient (Wildman–Crippen LogP) is 0.0616. The number of nitrogens with zero attached hydrogens (tertiary/aromatic N) is 1. The molecule has 0 radical (unpaired) electrons. The molecule has 1 amide bonds. The zero-order valence-corrected chi connectivity index (χ0v) is 7.54. The van der Waals surface area contributed by atoms with Crippen molar-refractivity contribution in [2.24, 2.45) is 5.73 Å². The maximum absolute atomic E-state index is 11.2. The molecule has 1 aromatic heterocycles. The van der Waals surface area contributed by atoms with Crippen LogP contribution < -0.4 is 11.1 Å². The molecule has 72 valence electrons. The third-order valence-electron chi connectivity index (χ3n) is 1.52. The van der Waals surface area contributed by atoms with Gasteiger partial charge in [-0.3, -0.25) is 4.79 Å². The quantitative estimate of drug-likeness (QED) is 0.647. The van der Waals surface area contributed by atoms with Crippen LogP contribution in [0.15, 0.2) is 10.6 Å². The molecule has 1 rings (SSSR count). The molecule has 3 N–H and O–H groups in total. The summed E-state index contributed by atoms with van der Waals surface area (Å²) in [6.07, 6.45) is 0.763. The lowest BCUT2D eigenvalue weighted by Gasteiger charge is -1.99. The first kappa shape index (κ1) is 9.73. The van der Waals surface area contributed by atoms with Gasteiger partial charge in [0.25, 0.3) is 5.91 Å². The number of amides is 1. The van der Waals surface area contributed by atoms with Gasteiger partial charge in [-0.1, -0.05) is 5.16 Å². The second-order valence-electron chi connectivity index (χ2n) is 2.73. The maximum atomic E-state index is 11.2. The van der Waals surface area contributed by atoms with Crippen LogP contribution in [-0.4, -0.2) is 24.2 Å². The average molecular weight is 183 g/mol. The molecule has 0 aliphatic heterocycles. The molecule has 0 aliphatic carbocycles. The Morgan fingerprint density at radius 3 is 3.08 bits per heavy atom. The summed E-state index contributed by atoms with van der Waals surface area (Å²) in [5, 5.41) is 6.27. The van der Waals surface area contributed by atoms with Crippen molar-refractivity contribution in [3.63, 3.8) is 0 Å². The Morgan fingerprint density at radius 1 is 1.77 bits per heavy atom. The van der Waals surface area contributed by atoms with Gasteiger partial charge in [-0.25, -0.2) is 0 Å². The van der Waals surface area contributed by atoms with E-state index in [2.05, 4.69) is 10.5 Å². The number of carbonyl (C=O) groups excluding carboxylic acids is 1. The zero-order valence-electron chi connectivity index (χ0n) is 7.54. The highest BCUT2D eigenvalue weighted by Crippen LogP contribution is 2.00. The minimum Gasteiger partial charge on any atom is -0.351 e. The smallest absolute Gasteiger partial charge is 0.289 e. The number of nitrogens with two attached hydrogens (primary N) is 1. The Balaban J connectivity index is 2.40. The monoisotopic (exact) mass is 183 g/mol. The van der Waals surface area contributed by atoms with Crippen molar-refractivity contribution in [1.29, 1.82) is 0 Å². The summed E-state index contributed by atoms with van der Waals surface area (Å²) in [6.45, 7) is 2.89. The molecule has 0 fully saturated rings. The third kappa shape index (κ3) is 2.87. The first-order chi connectivity index (χ1) is 6.24. The summed E-state index contributed by atoms with van der Waals surface area (Å²) in [5.41, 5.74) is 5.97. The fourth-order valence-electron chi connectivity index (χ4n) is 0.862. The molecule has 0 atom stereocenters. The van der Waals surface area contributed by atoms with E-state index in [0.29, 0.717) is 18.8 Å². The van der Waals surface area contributed by atoms with E-state index in [9.17, 15) is 4.79 Å². The highest BCUT2D eigenvalue weighted by atomic mass is 16.5. The van der Waals surface area contributed by atoms with Crippen LogP contribution >= 0.6 is 0 Å². The highest BCUT2D eigenvalue weighted by molar-refractivity contribution is 5.91. The minimum absolute atomic E-state index is 0.242. The zero-order chi connectivity index (χ0) is 9.68. The fourth-order valence-corrected chi connectivity index (χ4v) is 0.862. The van der Waals surface area contributed by atoms with Gasteiger partial charge in [-0.05, 0) is 19.9 Å². The van der Waals surface area contributed by atoms with Gasteiger partial charge in [0.2, 0.25) is 5.76 Å². The van der Waals surface area contributed by atoms with Crippen molar-refractivity contribution in [2.45, 2.75) is 13.3 Å². The predicted molar refractivity (Wildman–Crippen MR) is 47.2 cm³/mol. The molecule has 0 unspecified atom stereocenters. The summed E-state index contributed by atoms with van der Waals surface area (Å²) >= 11 is 0. The van der Waals surface area contributed by atoms with Gasteiger partial charge in [0.05, 0.1) is 5.69 Å². The molecule has 0 saturated heterocycles. The summed E-state index contributed by atoms with van der Waals surface area (Å²) in [4.78, 5) is 11.2. The van der Waals surface area contributed by atoms with Gasteiger partial charge in [0.1, 0.15) is 0 Å². The first-order valence-corrected chi connectivity index (χ1v) is 4.15. The van der Waals surface area contributed by atoms with Crippen LogP contribution in [0.4, 0.5) is 0 Å². The number of aromatic nitrogens is 1. The summed E-state index contributed by atoms with van der Waals surface area (Å²) in [7, 11) is 0.